The van der Waals surface area contributed by atoms with Crippen molar-refractivity contribution in [2.24, 2.45) is 0 Å². The largest absolute Gasteiger partial charge is 0.134 e. The second kappa shape index (κ2) is 6.37. The Kier molecular flexibility index (Phi) is 3.99. The second-order valence-corrected chi connectivity index (χ2v) is 9.46. The highest BCUT2D eigenvalue weighted by Crippen LogP contribution is 2.45. The van der Waals surface area contributed by atoms with E-state index in [2.05, 4.69) is 68.4 Å². The van der Waals surface area contributed by atoms with E-state index in [9.17, 15) is 0 Å². The Hall–Kier alpha value is -1.90. The van der Waals surface area contributed by atoms with Crippen molar-refractivity contribution in [3.8, 4) is 0 Å². The molecule has 0 saturated heterocycles. The predicted molar refractivity (Wildman–Crippen MR) is 120 cm³/mol. The minimum absolute atomic E-state index is 0.644. The molecule has 0 bridgehead atoms. The van der Waals surface area contributed by atoms with Crippen molar-refractivity contribution in [2.45, 2.75) is 39.0 Å². The molecule has 0 aliphatic carbocycles. The lowest BCUT2D eigenvalue weighted by Crippen LogP contribution is -1.93. The van der Waals surface area contributed by atoms with Crippen LogP contribution in [0.15, 0.2) is 54.6 Å². The highest BCUT2D eigenvalue weighted by atomic mass is 32.1. The lowest BCUT2D eigenvalue weighted by atomic mass is 9.93. The Balaban J connectivity index is 1.69. The van der Waals surface area contributed by atoms with Gasteiger partial charge in [0.2, 0.25) is 0 Å². The van der Waals surface area contributed by atoms with Gasteiger partial charge in [-0.05, 0) is 46.9 Å². The van der Waals surface area contributed by atoms with Crippen LogP contribution in [0.25, 0.3) is 40.3 Å². The van der Waals surface area contributed by atoms with Crippen LogP contribution in [0.1, 0.15) is 44.6 Å². The topological polar surface area (TPSA) is 0 Å². The third kappa shape index (κ3) is 2.55. The number of hydrogen-bond acceptors (Lipinski definition) is 2. The van der Waals surface area contributed by atoms with Gasteiger partial charge in [0.1, 0.15) is 0 Å². The van der Waals surface area contributed by atoms with Gasteiger partial charge in [0.15, 0.2) is 0 Å². The van der Waals surface area contributed by atoms with Crippen molar-refractivity contribution < 1.29 is 0 Å². The molecule has 3 aromatic carbocycles. The highest BCUT2D eigenvalue weighted by molar-refractivity contribution is 7.36. The molecule has 0 N–H and O–H groups in total. The minimum Gasteiger partial charge on any atom is -0.134 e. The standard InChI is InChI=1S/C24H22S2/c1-3-4-7-15(2)16-10-11-17-13-20-22(14-18(17)12-16)26-23-19-8-5-6-9-21(19)25-24(20)23/h5-6,8-15H,3-4,7H2,1-2H3. The average molecular weight is 375 g/mol. The van der Waals surface area contributed by atoms with Crippen LogP contribution in [0.4, 0.5) is 0 Å². The smallest absolute Gasteiger partial charge is 0.0542 e. The summed E-state index contributed by atoms with van der Waals surface area (Å²) in [6.45, 7) is 4.64. The monoisotopic (exact) mass is 374 g/mol. The van der Waals surface area contributed by atoms with Gasteiger partial charge in [-0.3, -0.25) is 0 Å². The Labute approximate surface area is 162 Å². The van der Waals surface area contributed by atoms with Crippen LogP contribution in [-0.4, -0.2) is 0 Å². The van der Waals surface area contributed by atoms with E-state index in [1.807, 2.05) is 22.7 Å². The van der Waals surface area contributed by atoms with Gasteiger partial charge >= 0.3 is 0 Å². The van der Waals surface area contributed by atoms with Crippen molar-refractivity contribution in [3.63, 3.8) is 0 Å². The first-order valence-corrected chi connectivity index (χ1v) is 11.2. The average Bonchev–Trinajstić information content (AvgIpc) is 3.19. The Morgan fingerprint density at radius 3 is 2.50 bits per heavy atom. The number of thiophene rings is 2. The number of unbranched alkanes of at least 4 members (excludes halogenated alkanes) is 1. The van der Waals surface area contributed by atoms with E-state index in [4.69, 9.17) is 0 Å². The highest BCUT2D eigenvalue weighted by Gasteiger charge is 2.13. The molecule has 0 spiro atoms. The Bertz CT molecular complexity index is 1240. The summed E-state index contributed by atoms with van der Waals surface area (Å²) in [5, 5.41) is 5.58. The number of hydrogen-bond donors (Lipinski definition) is 0. The van der Waals surface area contributed by atoms with Crippen molar-refractivity contribution >= 4 is 63.0 Å². The molecule has 0 saturated carbocycles. The maximum absolute atomic E-state index is 2.42. The van der Waals surface area contributed by atoms with Gasteiger partial charge < -0.3 is 0 Å². The molecule has 2 heteroatoms. The molecule has 0 aliphatic rings. The lowest BCUT2D eigenvalue weighted by Gasteiger charge is -2.12. The van der Waals surface area contributed by atoms with E-state index in [0.717, 1.165) is 0 Å². The van der Waals surface area contributed by atoms with E-state index in [1.54, 1.807) is 0 Å². The van der Waals surface area contributed by atoms with E-state index < -0.39 is 0 Å². The van der Waals surface area contributed by atoms with Crippen molar-refractivity contribution in [1.29, 1.82) is 0 Å². The summed E-state index contributed by atoms with van der Waals surface area (Å²) in [6, 6.07) is 20.7. The van der Waals surface area contributed by atoms with E-state index in [1.165, 1.54) is 65.2 Å². The zero-order valence-electron chi connectivity index (χ0n) is 15.2. The number of benzene rings is 3. The molecule has 1 atom stereocenters. The van der Waals surface area contributed by atoms with Crippen LogP contribution in [-0.2, 0) is 0 Å². The molecule has 0 amide bonds. The summed E-state index contributed by atoms with van der Waals surface area (Å²) in [5.74, 6) is 0.644. The molecule has 130 valence electrons. The summed E-state index contributed by atoms with van der Waals surface area (Å²) in [4.78, 5) is 0. The van der Waals surface area contributed by atoms with Gasteiger partial charge in [-0.2, -0.15) is 0 Å². The minimum atomic E-state index is 0.644. The SMILES string of the molecule is CCCCC(C)c1ccc2cc3c(cc2c1)sc1c2ccccc2sc31. The predicted octanol–water partition coefficient (Wildman–Crippen LogP) is 8.72. The van der Waals surface area contributed by atoms with Gasteiger partial charge in [-0.15, -0.1) is 22.7 Å². The molecule has 0 aliphatic heterocycles. The van der Waals surface area contributed by atoms with Crippen molar-refractivity contribution in [2.75, 3.05) is 0 Å². The molecule has 1 unspecified atom stereocenters. The summed E-state index contributed by atoms with van der Waals surface area (Å²) in [5.41, 5.74) is 1.48. The molecule has 5 rings (SSSR count). The molecule has 5 aromatic rings. The van der Waals surface area contributed by atoms with Crippen LogP contribution >= 0.6 is 22.7 Å². The first-order chi connectivity index (χ1) is 12.7. The van der Waals surface area contributed by atoms with Gasteiger partial charge in [0.05, 0.1) is 9.40 Å². The fourth-order valence-corrected chi connectivity index (χ4v) is 6.63. The quantitative estimate of drug-likeness (QED) is 0.295. The summed E-state index contributed by atoms with van der Waals surface area (Å²) >= 11 is 3.89. The van der Waals surface area contributed by atoms with Crippen LogP contribution in [0, 0.1) is 0 Å². The van der Waals surface area contributed by atoms with Crippen LogP contribution in [0.3, 0.4) is 0 Å². The zero-order chi connectivity index (χ0) is 17.7. The van der Waals surface area contributed by atoms with Gasteiger partial charge in [-0.25, -0.2) is 0 Å². The molecule has 0 radical (unpaired) electrons. The molecular weight excluding hydrogens is 352 g/mol. The summed E-state index contributed by atoms with van der Waals surface area (Å²) in [7, 11) is 0. The first kappa shape index (κ1) is 16.3. The number of fused-ring (bicyclic) bond motifs is 6. The second-order valence-electron chi connectivity index (χ2n) is 7.36. The van der Waals surface area contributed by atoms with Crippen molar-refractivity contribution in [3.05, 3.63) is 60.2 Å². The molecule has 0 nitrogen and oxygen atoms in total. The van der Waals surface area contributed by atoms with Crippen LogP contribution in [0.2, 0.25) is 0 Å². The maximum Gasteiger partial charge on any atom is 0.0542 e. The molecule has 2 aromatic heterocycles. The third-order valence-corrected chi connectivity index (χ3v) is 8.05. The van der Waals surface area contributed by atoms with Gasteiger partial charge in [-0.1, -0.05) is 63.1 Å². The third-order valence-electron chi connectivity index (χ3n) is 5.53. The molecular formula is C24H22S2. The Morgan fingerprint density at radius 1 is 0.808 bits per heavy atom. The van der Waals surface area contributed by atoms with Crippen LogP contribution in [0.5, 0.6) is 0 Å². The van der Waals surface area contributed by atoms with Gasteiger partial charge in [0.25, 0.3) is 0 Å². The first-order valence-electron chi connectivity index (χ1n) is 9.52. The van der Waals surface area contributed by atoms with E-state index in [0.29, 0.717) is 5.92 Å². The van der Waals surface area contributed by atoms with E-state index >= 15 is 0 Å². The zero-order valence-corrected chi connectivity index (χ0v) is 16.8. The molecule has 0 fully saturated rings. The molecule has 26 heavy (non-hydrogen) atoms. The maximum atomic E-state index is 2.42. The lowest BCUT2D eigenvalue weighted by molar-refractivity contribution is 0.625. The fraction of sp³-hybridized carbons (Fsp3) is 0.250. The molecule has 2 heterocycles. The summed E-state index contributed by atoms with van der Waals surface area (Å²) in [6.07, 6.45) is 3.87. The Morgan fingerprint density at radius 2 is 1.62 bits per heavy atom. The van der Waals surface area contributed by atoms with Crippen molar-refractivity contribution in [1.82, 2.24) is 0 Å². The van der Waals surface area contributed by atoms with Gasteiger partial charge in [0, 0.05) is 20.2 Å². The number of rotatable bonds is 4. The van der Waals surface area contributed by atoms with E-state index in [-0.39, 0.29) is 0 Å². The normalized spacial score (nSPS) is 13.3. The van der Waals surface area contributed by atoms with Crippen LogP contribution < -0.4 is 0 Å². The summed E-state index contributed by atoms with van der Waals surface area (Å²) < 4.78 is 5.72. The fourth-order valence-electron chi connectivity index (χ4n) is 3.95.